The molecule has 5 rings (SSSR count). The van der Waals surface area contributed by atoms with E-state index < -0.39 is 0 Å². The Morgan fingerprint density at radius 3 is 3.03 bits per heavy atom. The second-order valence-electron chi connectivity index (χ2n) is 7.38. The zero-order valence-corrected chi connectivity index (χ0v) is 19.7. The highest BCUT2D eigenvalue weighted by atomic mass is 35.5. The highest BCUT2D eigenvalue weighted by Crippen LogP contribution is 2.33. The van der Waals surface area contributed by atoms with E-state index in [4.69, 9.17) is 16.3 Å². The number of fused-ring (bicyclic) bond motifs is 1. The number of aryl methyl sites for hydroxylation is 1. The van der Waals surface area contributed by atoms with Gasteiger partial charge in [-0.15, -0.1) is 22.7 Å². The van der Waals surface area contributed by atoms with Crippen LogP contribution in [0, 0.1) is 18.8 Å². The average molecular weight is 482 g/mol. The van der Waals surface area contributed by atoms with Gasteiger partial charge in [-0.2, -0.15) is 0 Å². The first kappa shape index (κ1) is 21.2. The van der Waals surface area contributed by atoms with Crippen molar-refractivity contribution in [2.24, 2.45) is 0 Å². The van der Waals surface area contributed by atoms with Crippen LogP contribution in [0.2, 0.25) is 5.02 Å². The fourth-order valence-corrected chi connectivity index (χ4v) is 5.18. The van der Waals surface area contributed by atoms with Crippen molar-refractivity contribution < 1.29 is 4.74 Å². The second kappa shape index (κ2) is 9.43. The summed E-state index contributed by atoms with van der Waals surface area (Å²) >= 11 is 9.65. The molecule has 1 atom stereocenters. The van der Waals surface area contributed by atoms with Gasteiger partial charge < -0.3 is 15.4 Å². The van der Waals surface area contributed by atoms with E-state index in [-0.39, 0.29) is 6.04 Å². The number of thiazole rings is 1. The largest absolute Gasteiger partial charge is 0.486 e. The predicted octanol–water partition coefficient (Wildman–Crippen LogP) is 5.54. The van der Waals surface area contributed by atoms with Gasteiger partial charge in [0.15, 0.2) is 5.82 Å². The Morgan fingerprint density at radius 1 is 1.31 bits per heavy atom. The Bertz CT molecular complexity index is 1320. The van der Waals surface area contributed by atoms with Gasteiger partial charge >= 0.3 is 0 Å². The summed E-state index contributed by atoms with van der Waals surface area (Å²) in [4.78, 5) is 14.2. The number of halogens is 1. The summed E-state index contributed by atoms with van der Waals surface area (Å²) in [6, 6.07) is 7.89. The minimum absolute atomic E-state index is 0.284. The van der Waals surface area contributed by atoms with Crippen LogP contribution >= 0.6 is 34.3 Å². The lowest BCUT2D eigenvalue weighted by molar-refractivity contribution is 0.302. The number of anilines is 2. The third-order valence-corrected chi connectivity index (χ3v) is 7.14. The second-order valence-corrected chi connectivity index (χ2v) is 9.90. The number of nitrogens with zero attached hydrogens (tertiary/aromatic N) is 3. The molecule has 9 heteroatoms. The average Bonchev–Trinajstić information content (AvgIpc) is 3.53. The van der Waals surface area contributed by atoms with Crippen molar-refractivity contribution in [2.75, 3.05) is 11.9 Å². The fraction of sp³-hybridized carbons (Fsp3) is 0.261. The molecule has 6 nitrogen and oxygen atoms in total. The standard InChI is InChI=1S/C23H20ClN5OS2/c1-14-28-17(12-31-14)11-30-21-7-5-16(9-19(21)24)29-23-22-20(26-13-27-23)10-18(32-22)6-4-15-3-2-8-25-15/h5,7,9-10,12-13,15,25H,2-3,8,11H2,1H3,(H,26,27,29)/t15-/m1/s1. The molecule has 1 aliphatic rings. The quantitative estimate of drug-likeness (QED) is 0.365. The highest BCUT2D eigenvalue weighted by molar-refractivity contribution is 7.20. The monoisotopic (exact) mass is 481 g/mol. The molecule has 0 amide bonds. The number of hydrogen-bond acceptors (Lipinski definition) is 8. The van der Waals surface area contributed by atoms with Crippen LogP contribution in [-0.4, -0.2) is 27.5 Å². The zero-order chi connectivity index (χ0) is 21.9. The van der Waals surface area contributed by atoms with E-state index in [0.717, 1.165) is 50.3 Å². The molecule has 0 spiro atoms. The SMILES string of the molecule is Cc1nc(COc2ccc(Nc3ncnc4cc(C#C[C@H]5CCCN5)sc34)cc2Cl)cs1. The maximum Gasteiger partial charge on any atom is 0.151 e. The van der Waals surface area contributed by atoms with Gasteiger partial charge in [0, 0.05) is 11.1 Å². The van der Waals surface area contributed by atoms with Crippen LogP contribution < -0.4 is 15.4 Å². The molecule has 162 valence electrons. The van der Waals surface area contributed by atoms with E-state index in [1.54, 1.807) is 29.0 Å². The molecule has 1 aromatic carbocycles. The number of nitrogens with one attached hydrogen (secondary N) is 2. The summed E-state index contributed by atoms with van der Waals surface area (Å²) in [6.07, 6.45) is 3.85. The first-order chi connectivity index (χ1) is 15.6. The molecular weight excluding hydrogens is 462 g/mol. The van der Waals surface area contributed by atoms with Crippen molar-refractivity contribution in [3.05, 3.63) is 56.6 Å². The van der Waals surface area contributed by atoms with Gasteiger partial charge in [0.2, 0.25) is 0 Å². The number of rotatable bonds is 5. The Balaban J connectivity index is 1.31. The van der Waals surface area contributed by atoms with Crippen molar-refractivity contribution in [2.45, 2.75) is 32.4 Å². The molecule has 1 fully saturated rings. The summed E-state index contributed by atoms with van der Waals surface area (Å²) in [7, 11) is 0. The topological polar surface area (TPSA) is 72.0 Å². The summed E-state index contributed by atoms with van der Waals surface area (Å²) in [5.74, 6) is 7.94. The van der Waals surface area contributed by atoms with Gasteiger partial charge in [0.25, 0.3) is 0 Å². The lowest BCUT2D eigenvalue weighted by Crippen LogP contribution is -2.18. The Labute approximate surface area is 199 Å². The molecule has 3 aromatic heterocycles. The van der Waals surface area contributed by atoms with E-state index in [2.05, 4.69) is 37.4 Å². The molecule has 1 saturated heterocycles. The molecule has 0 unspecified atom stereocenters. The smallest absolute Gasteiger partial charge is 0.151 e. The summed E-state index contributed by atoms with van der Waals surface area (Å²) < 4.78 is 6.79. The summed E-state index contributed by atoms with van der Waals surface area (Å²) in [5.41, 5.74) is 2.60. The molecule has 4 aromatic rings. The fourth-order valence-electron chi connectivity index (χ4n) is 3.43. The van der Waals surface area contributed by atoms with Crippen molar-refractivity contribution >= 4 is 56.0 Å². The van der Waals surface area contributed by atoms with Gasteiger partial charge in [0.1, 0.15) is 18.7 Å². The van der Waals surface area contributed by atoms with Gasteiger partial charge in [-0.05, 0) is 50.6 Å². The number of benzene rings is 1. The van der Waals surface area contributed by atoms with E-state index in [0.29, 0.717) is 17.4 Å². The van der Waals surface area contributed by atoms with Crippen LogP contribution in [0.3, 0.4) is 0 Å². The van der Waals surface area contributed by atoms with E-state index in [1.165, 1.54) is 6.42 Å². The third kappa shape index (κ3) is 4.87. The maximum atomic E-state index is 6.46. The van der Waals surface area contributed by atoms with Crippen LogP contribution in [0.1, 0.15) is 28.4 Å². The highest BCUT2D eigenvalue weighted by Gasteiger charge is 2.12. The van der Waals surface area contributed by atoms with Gasteiger partial charge in [-0.3, -0.25) is 0 Å². The van der Waals surface area contributed by atoms with Crippen LogP contribution in [0.4, 0.5) is 11.5 Å². The third-order valence-electron chi connectivity index (χ3n) is 4.98. The summed E-state index contributed by atoms with van der Waals surface area (Å²) in [6.45, 7) is 3.41. The van der Waals surface area contributed by atoms with Crippen LogP contribution in [-0.2, 0) is 6.61 Å². The molecule has 32 heavy (non-hydrogen) atoms. The molecule has 1 aliphatic heterocycles. The molecule has 4 heterocycles. The van der Waals surface area contributed by atoms with Gasteiger partial charge in [-0.25, -0.2) is 15.0 Å². The van der Waals surface area contributed by atoms with Crippen LogP contribution in [0.15, 0.2) is 36.0 Å². The van der Waals surface area contributed by atoms with Crippen molar-refractivity contribution in [1.29, 1.82) is 0 Å². The predicted molar refractivity (Wildman–Crippen MR) is 131 cm³/mol. The lowest BCUT2D eigenvalue weighted by atomic mass is 10.2. The molecule has 2 N–H and O–H groups in total. The number of ether oxygens (including phenoxy) is 1. The van der Waals surface area contributed by atoms with Crippen LogP contribution in [0.5, 0.6) is 5.75 Å². The summed E-state index contributed by atoms with van der Waals surface area (Å²) in [5, 5.41) is 10.3. The van der Waals surface area contributed by atoms with Crippen molar-refractivity contribution in [3.63, 3.8) is 0 Å². The Morgan fingerprint density at radius 2 is 2.25 bits per heavy atom. The van der Waals surface area contributed by atoms with Gasteiger partial charge in [0.05, 0.1) is 36.9 Å². The first-order valence-corrected chi connectivity index (χ1v) is 12.3. The minimum atomic E-state index is 0.284. The lowest BCUT2D eigenvalue weighted by Gasteiger charge is -2.10. The molecule has 0 radical (unpaired) electrons. The maximum absolute atomic E-state index is 6.46. The number of thiophene rings is 1. The first-order valence-electron chi connectivity index (χ1n) is 10.2. The van der Waals surface area contributed by atoms with E-state index in [1.807, 2.05) is 36.6 Å². The Kier molecular flexibility index (Phi) is 6.23. The molecule has 0 saturated carbocycles. The Hall–Kier alpha value is -2.70. The van der Waals surface area contributed by atoms with E-state index in [9.17, 15) is 0 Å². The van der Waals surface area contributed by atoms with Crippen molar-refractivity contribution in [3.8, 4) is 17.6 Å². The molecular formula is C23H20ClN5OS2. The van der Waals surface area contributed by atoms with E-state index >= 15 is 0 Å². The molecule has 0 bridgehead atoms. The number of aromatic nitrogens is 3. The van der Waals surface area contributed by atoms with Gasteiger partial charge in [-0.1, -0.05) is 23.4 Å². The van der Waals surface area contributed by atoms with Crippen molar-refractivity contribution in [1.82, 2.24) is 20.3 Å². The van der Waals surface area contributed by atoms with Crippen LogP contribution in [0.25, 0.3) is 10.2 Å². The molecule has 0 aliphatic carbocycles. The zero-order valence-electron chi connectivity index (χ0n) is 17.3. The minimum Gasteiger partial charge on any atom is -0.486 e. The number of hydrogen-bond donors (Lipinski definition) is 2. The normalized spacial score (nSPS) is 15.5.